The highest BCUT2D eigenvalue weighted by atomic mass is 16.3. The van der Waals surface area contributed by atoms with E-state index in [1.54, 1.807) is 24.4 Å². The Kier molecular flexibility index (Phi) is 2.33. The maximum absolute atomic E-state index is 12.9. The van der Waals surface area contributed by atoms with Gasteiger partial charge in [-0.1, -0.05) is 12.2 Å². The molecule has 2 fully saturated rings. The largest absolute Gasteiger partial charge is 0.506 e. The van der Waals surface area contributed by atoms with E-state index in [2.05, 4.69) is 17.1 Å². The molecular formula is C18H14N2O3. The Bertz CT molecular complexity index is 874. The normalized spacial score (nSPS) is 31.4. The number of aromatic hydroxyl groups is 1. The molecule has 2 aromatic rings. The zero-order valence-electron chi connectivity index (χ0n) is 12.2. The molecule has 2 amide bonds. The Morgan fingerprint density at radius 2 is 1.74 bits per heavy atom. The summed E-state index contributed by atoms with van der Waals surface area (Å²) in [5, 5.41) is 10.6. The third kappa shape index (κ3) is 1.49. The molecule has 114 valence electrons. The second-order valence-corrected chi connectivity index (χ2v) is 6.52. The molecule has 1 aliphatic heterocycles. The summed E-state index contributed by atoms with van der Waals surface area (Å²) in [6.45, 7) is 0. The van der Waals surface area contributed by atoms with Crippen LogP contribution in [0.25, 0.3) is 10.9 Å². The average molecular weight is 306 g/mol. The van der Waals surface area contributed by atoms with Crippen LogP contribution >= 0.6 is 0 Å². The van der Waals surface area contributed by atoms with E-state index in [4.69, 9.17) is 0 Å². The van der Waals surface area contributed by atoms with Gasteiger partial charge in [0.2, 0.25) is 11.8 Å². The van der Waals surface area contributed by atoms with E-state index in [9.17, 15) is 14.7 Å². The number of benzene rings is 1. The number of fused-ring (bicyclic) bond motifs is 6. The monoisotopic (exact) mass is 306 g/mol. The summed E-state index contributed by atoms with van der Waals surface area (Å²) < 4.78 is 0. The van der Waals surface area contributed by atoms with E-state index < -0.39 is 0 Å². The highest BCUT2D eigenvalue weighted by Gasteiger charge is 2.59. The van der Waals surface area contributed by atoms with Crippen LogP contribution in [-0.4, -0.2) is 21.9 Å². The van der Waals surface area contributed by atoms with Gasteiger partial charge in [-0.15, -0.1) is 0 Å². The topological polar surface area (TPSA) is 70.5 Å². The predicted octanol–water partition coefficient (Wildman–Crippen LogP) is 2.25. The van der Waals surface area contributed by atoms with Gasteiger partial charge in [0.15, 0.2) is 0 Å². The fourth-order valence-corrected chi connectivity index (χ4v) is 4.48. The molecule has 4 atom stereocenters. The minimum atomic E-state index is -0.224. The fourth-order valence-electron chi connectivity index (χ4n) is 4.48. The van der Waals surface area contributed by atoms with Crippen molar-refractivity contribution in [1.29, 1.82) is 0 Å². The SMILES string of the molecule is O=C1[C@@H]2[C@H](C(=O)N1c1ccc(O)c3ncccc13)[C@@H]1C=C[C@H]2C1. The maximum atomic E-state index is 12.9. The highest BCUT2D eigenvalue weighted by molar-refractivity contribution is 6.25. The molecule has 1 saturated heterocycles. The third-order valence-electron chi connectivity index (χ3n) is 5.44. The zero-order valence-corrected chi connectivity index (χ0v) is 12.2. The van der Waals surface area contributed by atoms with E-state index in [0.29, 0.717) is 16.6 Å². The maximum Gasteiger partial charge on any atom is 0.238 e. The summed E-state index contributed by atoms with van der Waals surface area (Å²) in [5.74, 6) is -0.261. The molecule has 0 spiro atoms. The van der Waals surface area contributed by atoms with Gasteiger partial charge in [0.05, 0.1) is 17.5 Å². The molecule has 0 radical (unpaired) electrons. The van der Waals surface area contributed by atoms with Gasteiger partial charge in [-0.3, -0.25) is 14.6 Å². The number of hydrogen-bond acceptors (Lipinski definition) is 4. The first-order valence-corrected chi connectivity index (χ1v) is 7.79. The van der Waals surface area contributed by atoms with Gasteiger partial charge in [0.25, 0.3) is 0 Å². The second kappa shape index (κ2) is 4.19. The number of phenolic OH excluding ortho intramolecular Hbond substituents is 1. The molecule has 1 N–H and O–H groups in total. The van der Waals surface area contributed by atoms with Crippen molar-refractivity contribution in [2.45, 2.75) is 6.42 Å². The lowest BCUT2D eigenvalue weighted by molar-refractivity contribution is -0.123. The van der Waals surface area contributed by atoms with Crippen molar-refractivity contribution in [2.24, 2.45) is 23.7 Å². The smallest absolute Gasteiger partial charge is 0.238 e. The van der Waals surface area contributed by atoms with Crippen LogP contribution in [-0.2, 0) is 9.59 Å². The highest BCUT2D eigenvalue weighted by Crippen LogP contribution is 2.53. The lowest BCUT2D eigenvalue weighted by Crippen LogP contribution is -2.33. The van der Waals surface area contributed by atoms with Crippen molar-refractivity contribution >= 4 is 28.4 Å². The Balaban J connectivity index is 1.68. The van der Waals surface area contributed by atoms with Crippen molar-refractivity contribution in [3.8, 4) is 5.75 Å². The van der Waals surface area contributed by atoms with Crippen LogP contribution in [0.2, 0.25) is 0 Å². The van der Waals surface area contributed by atoms with Crippen molar-refractivity contribution < 1.29 is 14.7 Å². The molecule has 2 bridgehead atoms. The third-order valence-corrected chi connectivity index (χ3v) is 5.44. The molecule has 5 nitrogen and oxygen atoms in total. The molecule has 5 rings (SSSR count). The Morgan fingerprint density at radius 3 is 2.43 bits per heavy atom. The van der Waals surface area contributed by atoms with Crippen LogP contribution in [0, 0.1) is 23.7 Å². The predicted molar refractivity (Wildman–Crippen MR) is 83.6 cm³/mol. The number of amides is 2. The second-order valence-electron chi connectivity index (χ2n) is 6.52. The van der Waals surface area contributed by atoms with E-state index in [1.165, 1.54) is 11.0 Å². The Morgan fingerprint density at radius 1 is 1.04 bits per heavy atom. The standard InChI is InChI=1S/C18H14N2O3/c21-13-6-5-12(11-2-1-7-19-16(11)13)20-17(22)14-9-3-4-10(8-9)15(14)18(20)23/h1-7,9-10,14-15,21H,8H2/t9-,10+,14-,15+. The average Bonchev–Trinajstić information content (AvgIpc) is 3.24. The number of carbonyl (C=O) groups excluding carboxylic acids is 2. The fraction of sp³-hybridized carbons (Fsp3) is 0.278. The number of allylic oxidation sites excluding steroid dienone is 2. The van der Waals surface area contributed by atoms with Crippen molar-refractivity contribution in [3.05, 3.63) is 42.6 Å². The van der Waals surface area contributed by atoms with Gasteiger partial charge >= 0.3 is 0 Å². The number of rotatable bonds is 1. The molecule has 1 saturated carbocycles. The lowest BCUT2D eigenvalue weighted by atomic mass is 9.85. The number of aromatic nitrogens is 1. The summed E-state index contributed by atoms with van der Waals surface area (Å²) in [6, 6.07) is 6.64. The Hall–Kier alpha value is -2.69. The van der Waals surface area contributed by atoms with Gasteiger partial charge in [-0.05, 0) is 42.5 Å². The number of phenols is 1. The van der Waals surface area contributed by atoms with Crippen molar-refractivity contribution in [1.82, 2.24) is 4.98 Å². The summed E-state index contributed by atoms with van der Waals surface area (Å²) in [5.41, 5.74) is 0.929. The summed E-state index contributed by atoms with van der Waals surface area (Å²) in [7, 11) is 0. The molecule has 2 aliphatic carbocycles. The zero-order chi connectivity index (χ0) is 15.7. The summed E-state index contributed by atoms with van der Waals surface area (Å²) in [6.07, 6.45) is 6.66. The molecule has 1 aromatic heterocycles. The molecule has 5 heteroatoms. The quantitative estimate of drug-likeness (QED) is 0.648. The van der Waals surface area contributed by atoms with Gasteiger partial charge in [0, 0.05) is 11.6 Å². The van der Waals surface area contributed by atoms with Gasteiger partial charge < -0.3 is 5.11 Å². The van der Waals surface area contributed by atoms with Crippen LogP contribution in [0.5, 0.6) is 5.75 Å². The molecule has 3 aliphatic rings. The van der Waals surface area contributed by atoms with Crippen LogP contribution in [0.4, 0.5) is 5.69 Å². The number of imide groups is 1. The van der Waals surface area contributed by atoms with Crippen molar-refractivity contribution in [2.75, 3.05) is 4.90 Å². The molecular weight excluding hydrogens is 292 g/mol. The Labute approximate surface area is 132 Å². The molecule has 1 aromatic carbocycles. The summed E-state index contributed by atoms with van der Waals surface area (Å²) in [4.78, 5) is 31.3. The first kappa shape index (κ1) is 12.8. The number of carbonyl (C=O) groups is 2. The minimum absolute atomic E-state index is 0.0466. The van der Waals surface area contributed by atoms with Crippen LogP contribution in [0.15, 0.2) is 42.6 Å². The first-order valence-electron chi connectivity index (χ1n) is 7.79. The van der Waals surface area contributed by atoms with Gasteiger partial charge in [-0.2, -0.15) is 0 Å². The van der Waals surface area contributed by atoms with E-state index in [0.717, 1.165) is 6.42 Å². The van der Waals surface area contributed by atoms with Crippen LogP contribution in [0.3, 0.4) is 0 Å². The van der Waals surface area contributed by atoms with E-state index in [1.807, 2.05) is 0 Å². The van der Waals surface area contributed by atoms with Gasteiger partial charge in [0.1, 0.15) is 11.3 Å². The first-order chi connectivity index (χ1) is 11.2. The number of anilines is 1. The lowest BCUT2D eigenvalue weighted by Gasteiger charge is -2.19. The van der Waals surface area contributed by atoms with Crippen LogP contribution in [0.1, 0.15) is 6.42 Å². The van der Waals surface area contributed by atoms with Crippen LogP contribution < -0.4 is 4.90 Å². The number of nitrogens with zero attached hydrogens (tertiary/aromatic N) is 2. The number of pyridine rings is 1. The van der Waals surface area contributed by atoms with E-state index in [-0.39, 0.29) is 41.2 Å². The van der Waals surface area contributed by atoms with Crippen molar-refractivity contribution in [3.63, 3.8) is 0 Å². The van der Waals surface area contributed by atoms with Gasteiger partial charge in [-0.25, -0.2) is 4.90 Å². The molecule has 23 heavy (non-hydrogen) atoms. The minimum Gasteiger partial charge on any atom is -0.506 e. The molecule has 0 unspecified atom stereocenters. The number of hydrogen-bond donors (Lipinski definition) is 1. The van der Waals surface area contributed by atoms with E-state index >= 15 is 0 Å². The molecule has 2 heterocycles. The summed E-state index contributed by atoms with van der Waals surface area (Å²) >= 11 is 0.